The molecule has 152 valence electrons. The molecule has 1 aromatic rings. The summed E-state index contributed by atoms with van der Waals surface area (Å²) in [7, 11) is 0. The molecule has 7 nitrogen and oxygen atoms in total. The Hall–Kier alpha value is -1.89. The van der Waals surface area contributed by atoms with E-state index in [-0.39, 0.29) is 41.2 Å². The van der Waals surface area contributed by atoms with Gasteiger partial charge in [0.05, 0.1) is 5.92 Å². The summed E-state index contributed by atoms with van der Waals surface area (Å²) < 4.78 is 0. The van der Waals surface area contributed by atoms with E-state index in [1.807, 2.05) is 6.92 Å². The lowest BCUT2D eigenvalue weighted by Crippen LogP contribution is -2.55. The Morgan fingerprint density at radius 2 is 2.11 bits per heavy atom. The zero-order valence-corrected chi connectivity index (χ0v) is 17.2. The fourth-order valence-electron chi connectivity index (χ4n) is 4.61. The van der Waals surface area contributed by atoms with E-state index >= 15 is 0 Å². The number of hydrogen-bond donors (Lipinski definition) is 2. The van der Waals surface area contributed by atoms with Crippen LogP contribution in [0.1, 0.15) is 52.4 Å². The van der Waals surface area contributed by atoms with Crippen molar-refractivity contribution in [3.05, 3.63) is 12.3 Å². The van der Waals surface area contributed by atoms with Crippen LogP contribution >= 0.6 is 11.6 Å². The van der Waals surface area contributed by atoms with Crippen LogP contribution in [0.2, 0.25) is 0 Å². The fraction of sp³-hybridized carbons (Fsp3) is 0.700. The lowest BCUT2D eigenvalue weighted by atomic mass is 9.74. The fourth-order valence-corrected chi connectivity index (χ4v) is 4.96. The van der Waals surface area contributed by atoms with Gasteiger partial charge in [0.2, 0.25) is 17.8 Å². The van der Waals surface area contributed by atoms with E-state index in [1.54, 1.807) is 24.1 Å². The molecule has 5 atom stereocenters. The summed E-state index contributed by atoms with van der Waals surface area (Å²) in [6.07, 6.45) is 7.39. The van der Waals surface area contributed by atoms with E-state index in [4.69, 9.17) is 11.6 Å². The van der Waals surface area contributed by atoms with Crippen molar-refractivity contribution in [1.29, 1.82) is 0 Å². The van der Waals surface area contributed by atoms with Crippen LogP contribution < -0.4 is 15.5 Å². The first kappa shape index (κ1) is 19.4. The van der Waals surface area contributed by atoms with E-state index in [1.165, 1.54) is 0 Å². The predicted molar refractivity (Wildman–Crippen MR) is 108 cm³/mol. The van der Waals surface area contributed by atoms with E-state index in [0.29, 0.717) is 17.7 Å². The lowest BCUT2D eigenvalue weighted by Gasteiger charge is -2.42. The molecule has 3 fully saturated rings. The van der Waals surface area contributed by atoms with Gasteiger partial charge in [-0.1, -0.05) is 0 Å². The minimum absolute atomic E-state index is 0.00849. The molecule has 1 aromatic heterocycles. The predicted octanol–water partition coefficient (Wildman–Crippen LogP) is 2.70. The highest BCUT2D eigenvalue weighted by molar-refractivity contribution is 6.20. The van der Waals surface area contributed by atoms with Crippen LogP contribution in [0.15, 0.2) is 12.3 Å². The summed E-state index contributed by atoms with van der Waals surface area (Å²) in [5, 5.41) is 6.69. The molecule has 2 heterocycles. The Balaban J connectivity index is 1.44. The third-order valence-corrected chi connectivity index (χ3v) is 6.64. The van der Waals surface area contributed by atoms with Crippen molar-refractivity contribution in [3.8, 4) is 0 Å². The highest BCUT2D eigenvalue weighted by atomic mass is 35.5. The van der Waals surface area contributed by atoms with E-state index in [2.05, 4.69) is 20.6 Å². The number of alkyl halides is 1. The average Bonchev–Trinajstić information content (AvgIpc) is 3.46. The third kappa shape index (κ3) is 4.09. The van der Waals surface area contributed by atoms with Crippen molar-refractivity contribution in [2.24, 2.45) is 11.8 Å². The van der Waals surface area contributed by atoms with Crippen LogP contribution in [0.25, 0.3) is 0 Å². The number of nitrogens with one attached hydrogen (secondary N) is 2. The third-order valence-electron chi connectivity index (χ3n) is 6.24. The van der Waals surface area contributed by atoms with Gasteiger partial charge in [-0.25, -0.2) is 4.98 Å². The number of anilines is 2. The monoisotopic (exact) mass is 405 g/mol. The van der Waals surface area contributed by atoms with Crippen molar-refractivity contribution in [1.82, 2.24) is 15.3 Å². The highest BCUT2D eigenvalue weighted by Crippen LogP contribution is 2.37. The van der Waals surface area contributed by atoms with E-state index in [0.717, 1.165) is 38.5 Å². The molecule has 3 aliphatic rings. The number of fused-ring (bicyclic) bond motifs is 1. The summed E-state index contributed by atoms with van der Waals surface area (Å²) in [5.74, 6) is 1.43. The number of carbonyl (C=O) groups excluding carboxylic acids is 2. The van der Waals surface area contributed by atoms with Gasteiger partial charge in [0.15, 0.2) is 0 Å². The van der Waals surface area contributed by atoms with Gasteiger partial charge in [-0.3, -0.25) is 14.5 Å². The summed E-state index contributed by atoms with van der Waals surface area (Å²) >= 11 is 6.35. The molecular weight excluding hydrogens is 378 g/mol. The molecule has 0 radical (unpaired) electrons. The molecule has 0 spiro atoms. The maximum absolute atomic E-state index is 12.6. The van der Waals surface area contributed by atoms with Gasteiger partial charge in [0, 0.05) is 36.6 Å². The summed E-state index contributed by atoms with van der Waals surface area (Å²) in [4.78, 5) is 35.2. The van der Waals surface area contributed by atoms with Crippen LogP contribution in [-0.2, 0) is 9.59 Å². The topological polar surface area (TPSA) is 87.2 Å². The molecule has 2 aliphatic carbocycles. The summed E-state index contributed by atoms with van der Waals surface area (Å²) in [6.45, 7) is 3.55. The molecule has 2 amide bonds. The van der Waals surface area contributed by atoms with Crippen LogP contribution in [0.3, 0.4) is 0 Å². The number of amides is 2. The van der Waals surface area contributed by atoms with Gasteiger partial charge in [0.25, 0.3) is 0 Å². The minimum atomic E-state index is -0.150. The first-order chi connectivity index (χ1) is 13.4. The normalized spacial score (nSPS) is 30.8. The molecule has 1 aliphatic heterocycles. The standard InChI is InChI=1S/C20H28ClN5O2/c1-11(16-10-13-9-14(21)3-6-17(13)24-19(16)28)23-20-22-8-7-18(25-20)26(12(2)27)15-4-5-15/h7-8,11,13-17H,3-6,9-10H2,1-2H3,(H,24,28)(H,22,23,25)/t11-,13?,14?,16?,17?/m0/s1. The van der Waals surface area contributed by atoms with Crippen LogP contribution in [0.4, 0.5) is 11.8 Å². The Kier molecular flexibility index (Phi) is 5.45. The van der Waals surface area contributed by atoms with E-state index < -0.39 is 0 Å². The van der Waals surface area contributed by atoms with Gasteiger partial charge in [-0.2, -0.15) is 4.98 Å². The van der Waals surface area contributed by atoms with Crippen molar-refractivity contribution in [2.75, 3.05) is 10.2 Å². The minimum Gasteiger partial charge on any atom is -0.353 e. The second kappa shape index (κ2) is 7.85. The van der Waals surface area contributed by atoms with Crippen molar-refractivity contribution in [3.63, 3.8) is 0 Å². The van der Waals surface area contributed by atoms with Crippen LogP contribution in [0.5, 0.6) is 0 Å². The SMILES string of the molecule is CC(=O)N(c1ccnc(N[C@@H](C)C2CC3CC(Cl)CCC3NC2=O)n1)C1CC1. The maximum Gasteiger partial charge on any atom is 0.225 e. The number of piperidine rings is 1. The smallest absolute Gasteiger partial charge is 0.225 e. The van der Waals surface area contributed by atoms with Gasteiger partial charge < -0.3 is 10.6 Å². The number of nitrogens with zero attached hydrogens (tertiary/aromatic N) is 3. The molecule has 28 heavy (non-hydrogen) atoms. The quantitative estimate of drug-likeness (QED) is 0.735. The van der Waals surface area contributed by atoms with Gasteiger partial charge in [-0.15, -0.1) is 11.6 Å². The summed E-state index contributed by atoms with van der Waals surface area (Å²) in [5.41, 5.74) is 0. The molecule has 4 unspecified atom stereocenters. The summed E-state index contributed by atoms with van der Waals surface area (Å²) in [6, 6.07) is 2.15. The molecular formula is C20H28ClN5O2. The number of carbonyl (C=O) groups is 2. The molecule has 8 heteroatoms. The van der Waals surface area contributed by atoms with Crippen LogP contribution in [-0.4, -0.2) is 45.3 Å². The van der Waals surface area contributed by atoms with Crippen molar-refractivity contribution in [2.45, 2.75) is 75.9 Å². The second-order valence-corrected chi connectivity index (χ2v) is 9.04. The zero-order chi connectivity index (χ0) is 19.8. The average molecular weight is 406 g/mol. The molecule has 1 saturated heterocycles. The lowest BCUT2D eigenvalue weighted by molar-refractivity contribution is -0.130. The number of rotatable bonds is 5. The Morgan fingerprint density at radius 3 is 2.82 bits per heavy atom. The van der Waals surface area contributed by atoms with Gasteiger partial charge >= 0.3 is 0 Å². The highest BCUT2D eigenvalue weighted by Gasteiger charge is 2.41. The maximum atomic E-state index is 12.6. The Bertz CT molecular complexity index is 756. The number of halogens is 1. The van der Waals surface area contributed by atoms with Gasteiger partial charge in [-0.05, 0) is 57.4 Å². The van der Waals surface area contributed by atoms with Crippen molar-refractivity contribution < 1.29 is 9.59 Å². The van der Waals surface area contributed by atoms with E-state index in [9.17, 15) is 9.59 Å². The van der Waals surface area contributed by atoms with Crippen molar-refractivity contribution >= 4 is 35.2 Å². The molecule has 2 saturated carbocycles. The molecule has 2 N–H and O–H groups in total. The second-order valence-electron chi connectivity index (χ2n) is 8.42. The molecule has 0 aromatic carbocycles. The molecule has 4 rings (SSSR count). The van der Waals surface area contributed by atoms with Crippen LogP contribution in [0, 0.1) is 11.8 Å². The first-order valence-electron chi connectivity index (χ1n) is 10.3. The molecule has 0 bridgehead atoms. The Morgan fingerprint density at radius 1 is 1.32 bits per heavy atom. The first-order valence-corrected chi connectivity index (χ1v) is 10.7. The zero-order valence-electron chi connectivity index (χ0n) is 16.4. The number of aromatic nitrogens is 2. The number of hydrogen-bond acceptors (Lipinski definition) is 5. The Labute approximate surface area is 170 Å². The van der Waals surface area contributed by atoms with Gasteiger partial charge in [0.1, 0.15) is 5.82 Å². The largest absolute Gasteiger partial charge is 0.353 e.